The molecular weight excluding hydrogens is 293 g/mol. The molecule has 0 unspecified atom stereocenters. The Morgan fingerprint density at radius 1 is 1.19 bits per heavy atom. The van der Waals surface area contributed by atoms with Crippen LogP contribution in [0.25, 0.3) is 21.9 Å². The van der Waals surface area contributed by atoms with Crippen LogP contribution in [0, 0.1) is 5.82 Å². The molecule has 0 saturated heterocycles. The van der Waals surface area contributed by atoms with Crippen LogP contribution in [0.15, 0.2) is 48.8 Å². The van der Waals surface area contributed by atoms with Gasteiger partial charge < -0.3 is 5.11 Å². The summed E-state index contributed by atoms with van der Waals surface area (Å²) < 4.78 is 14.1. The highest BCUT2D eigenvalue weighted by Crippen LogP contribution is 2.35. The molecule has 0 aliphatic rings. The van der Waals surface area contributed by atoms with Crippen LogP contribution < -0.4 is 0 Å². The van der Waals surface area contributed by atoms with Crippen LogP contribution in [-0.4, -0.2) is 16.1 Å². The third kappa shape index (κ3) is 2.34. The maximum Gasteiger partial charge on any atom is 0.335 e. The van der Waals surface area contributed by atoms with Gasteiger partial charge in [0.1, 0.15) is 0 Å². The van der Waals surface area contributed by atoms with E-state index >= 15 is 0 Å². The summed E-state index contributed by atoms with van der Waals surface area (Å²) in [4.78, 5) is 14.8. The maximum absolute atomic E-state index is 14.1. The molecule has 104 valence electrons. The van der Waals surface area contributed by atoms with E-state index < -0.39 is 11.8 Å². The molecule has 1 heterocycles. The van der Waals surface area contributed by atoms with Crippen LogP contribution in [0.2, 0.25) is 5.02 Å². The number of carboxylic acids is 1. The molecule has 0 aliphatic carbocycles. The number of pyridine rings is 1. The molecule has 2 aromatic carbocycles. The Morgan fingerprint density at radius 3 is 2.71 bits per heavy atom. The van der Waals surface area contributed by atoms with Crippen LogP contribution >= 0.6 is 11.6 Å². The number of aromatic nitrogens is 1. The average molecular weight is 302 g/mol. The standard InChI is InChI=1S/C16H9ClFNO2/c17-13-7-19-8-14(18)15(13)11-3-1-2-9-4-5-10(16(20)21)6-12(9)11/h1-8H,(H,20,21). The third-order valence-electron chi connectivity index (χ3n) is 3.25. The van der Waals surface area contributed by atoms with Gasteiger partial charge in [-0.1, -0.05) is 35.9 Å². The second kappa shape index (κ2) is 5.14. The smallest absolute Gasteiger partial charge is 0.335 e. The molecule has 0 bridgehead atoms. The second-order valence-corrected chi connectivity index (χ2v) is 4.93. The van der Waals surface area contributed by atoms with Crippen LogP contribution in [0.5, 0.6) is 0 Å². The van der Waals surface area contributed by atoms with Gasteiger partial charge in [0.2, 0.25) is 0 Å². The van der Waals surface area contributed by atoms with Crippen molar-refractivity contribution in [1.29, 1.82) is 0 Å². The van der Waals surface area contributed by atoms with Gasteiger partial charge in [-0.3, -0.25) is 4.98 Å². The van der Waals surface area contributed by atoms with Crippen molar-refractivity contribution in [2.75, 3.05) is 0 Å². The summed E-state index contributed by atoms with van der Waals surface area (Å²) >= 11 is 6.05. The summed E-state index contributed by atoms with van der Waals surface area (Å²) in [5.41, 5.74) is 0.904. The van der Waals surface area contributed by atoms with Crippen LogP contribution in [0.4, 0.5) is 4.39 Å². The minimum atomic E-state index is -1.03. The van der Waals surface area contributed by atoms with Gasteiger partial charge in [-0.05, 0) is 28.5 Å². The Kier molecular flexibility index (Phi) is 3.31. The van der Waals surface area contributed by atoms with Crippen molar-refractivity contribution < 1.29 is 14.3 Å². The summed E-state index contributed by atoms with van der Waals surface area (Å²) in [7, 11) is 0. The Hall–Kier alpha value is -2.46. The molecule has 1 aromatic heterocycles. The van der Waals surface area contributed by atoms with E-state index in [9.17, 15) is 9.18 Å². The normalized spacial score (nSPS) is 10.8. The quantitative estimate of drug-likeness (QED) is 0.763. The van der Waals surface area contributed by atoms with Crippen molar-refractivity contribution in [2.45, 2.75) is 0 Å². The summed E-state index contributed by atoms with van der Waals surface area (Å²) in [6.45, 7) is 0. The SMILES string of the molecule is O=C(O)c1ccc2cccc(-c3c(F)cncc3Cl)c2c1. The first kappa shape index (κ1) is 13.5. The van der Waals surface area contributed by atoms with Gasteiger partial charge in [0.15, 0.2) is 5.82 Å². The molecule has 3 rings (SSSR count). The zero-order chi connectivity index (χ0) is 15.0. The van der Waals surface area contributed by atoms with Crippen molar-refractivity contribution in [1.82, 2.24) is 4.98 Å². The molecule has 3 aromatic rings. The van der Waals surface area contributed by atoms with E-state index in [0.717, 1.165) is 11.6 Å². The number of carbonyl (C=O) groups is 1. The molecule has 0 saturated carbocycles. The monoisotopic (exact) mass is 301 g/mol. The summed E-state index contributed by atoms with van der Waals surface area (Å²) in [6.07, 6.45) is 2.45. The highest BCUT2D eigenvalue weighted by molar-refractivity contribution is 6.33. The van der Waals surface area contributed by atoms with E-state index in [2.05, 4.69) is 4.98 Å². The number of nitrogens with zero attached hydrogens (tertiary/aromatic N) is 1. The number of hydrogen-bond donors (Lipinski definition) is 1. The molecule has 0 amide bonds. The Morgan fingerprint density at radius 2 is 2.00 bits per heavy atom. The van der Waals surface area contributed by atoms with E-state index in [1.165, 1.54) is 18.3 Å². The number of halogens is 2. The topological polar surface area (TPSA) is 50.2 Å². The predicted octanol–water partition coefficient (Wildman–Crippen LogP) is 4.39. The molecule has 5 heteroatoms. The first-order valence-electron chi connectivity index (χ1n) is 6.13. The van der Waals surface area contributed by atoms with Crippen LogP contribution in [0.3, 0.4) is 0 Å². The summed E-state index contributed by atoms with van der Waals surface area (Å²) in [6, 6.07) is 10.0. The number of rotatable bonds is 2. The molecule has 3 nitrogen and oxygen atoms in total. The zero-order valence-electron chi connectivity index (χ0n) is 10.7. The van der Waals surface area contributed by atoms with Gasteiger partial charge in [0.05, 0.1) is 16.8 Å². The first-order valence-corrected chi connectivity index (χ1v) is 6.51. The first-order chi connectivity index (χ1) is 10.1. The molecule has 0 radical (unpaired) electrons. The Balaban J connectivity index is 2.37. The van der Waals surface area contributed by atoms with Gasteiger partial charge in [-0.15, -0.1) is 0 Å². The fraction of sp³-hybridized carbons (Fsp3) is 0. The zero-order valence-corrected chi connectivity index (χ0v) is 11.4. The fourth-order valence-corrected chi connectivity index (χ4v) is 2.54. The number of fused-ring (bicyclic) bond motifs is 1. The summed E-state index contributed by atoms with van der Waals surface area (Å²) in [5, 5.41) is 10.7. The van der Waals surface area contributed by atoms with E-state index in [1.807, 2.05) is 6.07 Å². The molecule has 21 heavy (non-hydrogen) atoms. The Bertz CT molecular complexity index is 844. The number of benzene rings is 2. The molecular formula is C16H9ClFNO2. The number of aromatic carboxylic acids is 1. The van der Waals surface area contributed by atoms with E-state index in [0.29, 0.717) is 10.9 Å². The highest BCUT2D eigenvalue weighted by Gasteiger charge is 2.14. The Labute approximate surface area is 124 Å². The van der Waals surface area contributed by atoms with Crippen LogP contribution in [0.1, 0.15) is 10.4 Å². The van der Waals surface area contributed by atoms with Crippen LogP contribution in [-0.2, 0) is 0 Å². The molecule has 0 aliphatic heterocycles. The van der Waals surface area contributed by atoms with E-state index in [1.54, 1.807) is 18.2 Å². The lowest BCUT2D eigenvalue weighted by atomic mass is 9.97. The van der Waals surface area contributed by atoms with Gasteiger partial charge in [-0.2, -0.15) is 0 Å². The summed E-state index contributed by atoms with van der Waals surface area (Å²) in [5.74, 6) is -1.58. The highest BCUT2D eigenvalue weighted by atomic mass is 35.5. The number of carboxylic acid groups (broad SMARTS) is 1. The third-order valence-corrected chi connectivity index (χ3v) is 3.54. The molecule has 0 atom stereocenters. The van der Waals surface area contributed by atoms with Gasteiger partial charge in [0.25, 0.3) is 0 Å². The number of hydrogen-bond acceptors (Lipinski definition) is 2. The molecule has 0 spiro atoms. The van der Waals surface area contributed by atoms with Crippen molar-refractivity contribution in [3.8, 4) is 11.1 Å². The average Bonchev–Trinajstić information content (AvgIpc) is 2.46. The molecule has 0 fully saturated rings. The van der Waals surface area contributed by atoms with Gasteiger partial charge >= 0.3 is 5.97 Å². The minimum absolute atomic E-state index is 0.139. The predicted molar refractivity (Wildman–Crippen MR) is 79.1 cm³/mol. The molecule has 1 N–H and O–H groups in total. The van der Waals surface area contributed by atoms with Gasteiger partial charge in [-0.25, -0.2) is 9.18 Å². The fourth-order valence-electron chi connectivity index (χ4n) is 2.29. The van der Waals surface area contributed by atoms with Crippen molar-refractivity contribution >= 4 is 28.3 Å². The van der Waals surface area contributed by atoms with Crippen molar-refractivity contribution in [3.63, 3.8) is 0 Å². The largest absolute Gasteiger partial charge is 0.478 e. The maximum atomic E-state index is 14.1. The van der Waals surface area contributed by atoms with Crippen molar-refractivity contribution in [3.05, 3.63) is 65.2 Å². The lowest BCUT2D eigenvalue weighted by molar-refractivity contribution is 0.0697. The lowest BCUT2D eigenvalue weighted by Crippen LogP contribution is -1.96. The minimum Gasteiger partial charge on any atom is -0.478 e. The lowest BCUT2D eigenvalue weighted by Gasteiger charge is -2.10. The van der Waals surface area contributed by atoms with E-state index in [4.69, 9.17) is 16.7 Å². The van der Waals surface area contributed by atoms with Crippen molar-refractivity contribution in [2.24, 2.45) is 0 Å². The van der Waals surface area contributed by atoms with Gasteiger partial charge in [0, 0.05) is 11.8 Å². The van der Waals surface area contributed by atoms with E-state index in [-0.39, 0.29) is 16.1 Å². The second-order valence-electron chi connectivity index (χ2n) is 4.52.